The third-order valence-electron chi connectivity index (χ3n) is 5.15. The summed E-state index contributed by atoms with van der Waals surface area (Å²) in [6.45, 7) is 4.80. The van der Waals surface area contributed by atoms with Crippen LogP contribution in [0.5, 0.6) is 0 Å². The summed E-state index contributed by atoms with van der Waals surface area (Å²) in [5, 5.41) is 3.61. The first kappa shape index (κ1) is 16.4. The highest BCUT2D eigenvalue weighted by Gasteiger charge is 2.36. The van der Waals surface area contributed by atoms with Crippen molar-refractivity contribution >= 4 is 11.6 Å². The molecule has 26 heavy (non-hydrogen) atoms. The van der Waals surface area contributed by atoms with E-state index in [4.69, 9.17) is 0 Å². The highest BCUT2D eigenvalue weighted by atomic mass is 16.2. The fourth-order valence-corrected chi connectivity index (χ4v) is 3.52. The van der Waals surface area contributed by atoms with Gasteiger partial charge in [-0.25, -0.2) is 0 Å². The third-order valence-corrected chi connectivity index (χ3v) is 5.15. The molecule has 3 aromatic carbocycles. The summed E-state index contributed by atoms with van der Waals surface area (Å²) >= 11 is 0. The predicted molar refractivity (Wildman–Crippen MR) is 105 cm³/mol. The summed E-state index contributed by atoms with van der Waals surface area (Å²) in [5.74, 6) is 0.0762. The lowest BCUT2D eigenvalue weighted by Crippen LogP contribution is -2.32. The van der Waals surface area contributed by atoms with E-state index in [9.17, 15) is 4.79 Å². The summed E-state index contributed by atoms with van der Waals surface area (Å²) in [4.78, 5) is 15.0. The first-order valence-electron chi connectivity index (χ1n) is 8.92. The minimum Gasteiger partial charge on any atom is -0.361 e. The Morgan fingerprint density at radius 2 is 1.62 bits per heavy atom. The van der Waals surface area contributed by atoms with Crippen molar-refractivity contribution in [3.05, 3.63) is 101 Å². The van der Waals surface area contributed by atoms with Crippen molar-refractivity contribution in [2.24, 2.45) is 0 Å². The number of nitrogens with one attached hydrogen (secondary N) is 1. The summed E-state index contributed by atoms with van der Waals surface area (Å²) in [6.07, 6.45) is -0.167. The molecule has 130 valence electrons. The van der Waals surface area contributed by atoms with Gasteiger partial charge in [-0.05, 0) is 42.7 Å². The molecular weight excluding hydrogens is 320 g/mol. The standard InChI is InChI=1S/C23H22N2O/c1-16-9-8-14-21(17(16)2)24-22-19-12-6-7-13-20(19)23(26)25(22)15-18-10-4-3-5-11-18/h3-14,22,24H,15H2,1-2H3. The van der Waals surface area contributed by atoms with Crippen molar-refractivity contribution in [2.75, 3.05) is 5.32 Å². The number of nitrogens with zero attached hydrogens (tertiary/aromatic N) is 1. The average molecular weight is 342 g/mol. The molecule has 1 amide bonds. The zero-order valence-electron chi connectivity index (χ0n) is 15.1. The first-order chi connectivity index (χ1) is 12.6. The molecule has 1 N–H and O–H groups in total. The van der Waals surface area contributed by atoms with Crippen molar-refractivity contribution in [3.8, 4) is 0 Å². The number of hydrogen-bond donors (Lipinski definition) is 1. The van der Waals surface area contributed by atoms with Gasteiger partial charge >= 0.3 is 0 Å². The molecule has 1 aliphatic heterocycles. The molecule has 1 heterocycles. The van der Waals surface area contributed by atoms with Crippen LogP contribution >= 0.6 is 0 Å². The van der Waals surface area contributed by atoms with E-state index in [2.05, 4.69) is 49.5 Å². The van der Waals surface area contributed by atoms with E-state index < -0.39 is 0 Å². The van der Waals surface area contributed by atoms with Gasteiger partial charge in [-0.15, -0.1) is 0 Å². The van der Waals surface area contributed by atoms with E-state index in [1.165, 1.54) is 11.1 Å². The van der Waals surface area contributed by atoms with Gasteiger partial charge in [0.15, 0.2) is 0 Å². The molecule has 0 saturated carbocycles. The summed E-state index contributed by atoms with van der Waals surface area (Å²) < 4.78 is 0. The van der Waals surface area contributed by atoms with Crippen molar-refractivity contribution < 1.29 is 4.79 Å². The van der Waals surface area contributed by atoms with Crippen LogP contribution in [0.15, 0.2) is 72.8 Å². The Hall–Kier alpha value is -3.07. The smallest absolute Gasteiger partial charge is 0.256 e. The number of rotatable bonds is 4. The Morgan fingerprint density at radius 3 is 2.42 bits per heavy atom. The molecule has 0 aromatic heterocycles. The highest BCUT2D eigenvalue weighted by Crippen LogP contribution is 2.36. The minimum absolute atomic E-state index is 0.0762. The van der Waals surface area contributed by atoms with Gasteiger partial charge in [0.2, 0.25) is 0 Å². The largest absolute Gasteiger partial charge is 0.361 e. The van der Waals surface area contributed by atoms with E-state index in [0.717, 1.165) is 22.4 Å². The van der Waals surface area contributed by atoms with E-state index in [0.29, 0.717) is 6.54 Å². The molecule has 1 atom stereocenters. The van der Waals surface area contributed by atoms with E-state index in [1.54, 1.807) is 0 Å². The molecule has 1 unspecified atom stereocenters. The van der Waals surface area contributed by atoms with Crippen LogP contribution in [0, 0.1) is 13.8 Å². The molecule has 0 spiro atoms. The van der Waals surface area contributed by atoms with E-state index in [1.807, 2.05) is 47.4 Å². The third kappa shape index (κ3) is 2.86. The monoisotopic (exact) mass is 342 g/mol. The molecule has 1 aliphatic rings. The second-order valence-corrected chi connectivity index (χ2v) is 6.80. The van der Waals surface area contributed by atoms with Crippen LogP contribution in [-0.4, -0.2) is 10.8 Å². The maximum absolute atomic E-state index is 13.0. The van der Waals surface area contributed by atoms with Gasteiger partial charge in [0.25, 0.3) is 5.91 Å². The minimum atomic E-state index is -0.167. The number of carbonyl (C=O) groups excluding carboxylic acids is 1. The highest BCUT2D eigenvalue weighted by molar-refractivity contribution is 5.99. The second kappa shape index (κ2) is 6.68. The maximum Gasteiger partial charge on any atom is 0.256 e. The molecule has 0 aliphatic carbocycles. The molecule has 0 bridgehead atoms. The number of fused-ring (bicyclic) bond motifs is 1. The van der Waals surface area contributed by atoms with Crippen LogP contribution in [0.25, 0.3) is 0 Å². The normalized spacial score (nSPS) is 15.8. The number of aryl methyl sites for hydroxylation is 1. The fourth-order valence-electron chi connectivity index (χ4n) is 3.52. The van der Waals surface area contributed by atoms with Crippen LogP contribution in [0.3, 0.4) is 0 Å². The van der Waals surface area contributed by atoms with Gasteiger partial charge in [0.05, 0.1) is 0 Å². The molecule has 3 aromatic rings. The lowest BCUT2D eigenvalue weighted by Gasteiger charge is -2.28. The number of amides is 1. The molecule has 3 heteroatoms. The second-order valence-electron chi connectivity index (χ2n) is 6.80. The Kier molecular flexibility index (Phi) is 4.21. The van der Waals surface area contributed by atoms with Crippen LogP contribution in [-0.2, 0) is 6.54 Å². The van der Waals surface area contributed by atoms with Crippen molar-refractivity contribution in [1.29, 1.82) is 0 Å². The van der Waals surface area contributed by atoms with E-state index in [-0.39, 0.29) is 12.1 Å². The average Bonchev–Trinajstić information content (AvgIpc) is 2.92. The van der Waals surface area contributed by atoms with Gasteiger partial charge in [-0.2, -0.15) is 0 Å². The Balaban J connectivity index is 1.72. The van der Waals surface area contributed by atoms with Crippen LogP contribution in [0.2, 0.25) is 0 Å². The summed E-state index contributed by atoms with van der Waals surface area (Å²) in [7, 11) is 0. The van der Waals surface area contributed by atoms with Gasteiger partial charge in [-0.3, -0.25) is 4.79 Å². The van der Waals surface area contributed by atoms with Gasteiger partial charge < -0.3 is 10.2 Å². The van der Waals surface area contributed by atoms with Gasteiger partial charge in [0.1, 0.15) is 6.17 Å². The molecule has 4 rings (SSSR count). The Bertz CT molecular complexity index is 949. The van der Waals surface area contributed by atoms with Gasteiger partial charge in [0, 0.05) is 23.4 Å². The van der Waals surface area contributed by atoms with Crippen molar-refractivity contribution in [1.82, 2.24) is 4.90 Å². The topological polar surface area (TPSA) is 32.3 Å². The summed E-state index contributed by atoms with van der Waals surface area (Å²) in [6, 6.07) is 24.3. The lowest BCUT2D eigenvalue weighted by molar-refractivity contribution is 0.0728. The Morgan fingerprint density at radius 1 is 0.885 bits per heavy atom. The Labute approximate surface area is 154 Å². The molecule has 3 nitrogen and oxygen atoms in total. The number of benzene rings is 3. The molecule has 0 saturated heterocycles. The zero-order valence-corrected chi connectivity index (χ0v) is 15.1. The molecular formula is C23H22N2O. The van der Waals surface area contributed by atoms with Crippen molar-refractivity contribution in [2.45, 2.75) is 26.6 Å². The molecule has 0 radical (unpaired) electrons. The van der Waals surface area contributed by atoms with Crippen LogP contribution < -0.4 is 5.32 Å². The van der Waals surface area contributed by atoms with Gasteiger partial charge in [-0.1, -0.05) is 60.7 Å². The van der Waals surface area contributed by atoms with E-state index >= 15 is 0 Å². The predicted octanol–water partition coefficient (Wildman–Crippen LogP) is 5.07. The van der Waals surface area contributed by atoms with Crippen LogP contribution in [0.4, 0.5) is 5.69 Å². The molecule has 0 fully saturated rings. The number of hydrogen-bond acceptors (Lipinski definition) is 2. The maximum atomic E-state index is 13.0. The summed E-state index contributed by atoms with van der Waals surface area (Å²) in [5.41, 5.74) is 6.46. The van der Waals surface area contributed by atoms with Crippen LogP contribution in [0.1, 0.15) is 38.8 Å². The lowest BCUT2D eigenvalue weighted by atomic mass is 10.1. The number of anilines is 1. The fraction of sp³-hybridized carbons (Fsp3) is 0.174. The SMILES string of the molecule is Cc1cccc(NC2c3ccccc3C(=O)N2Cc2ccccc2)c1C. The first-order valence-corrected chi connectivity index (χ1v) is 8.92. The zero-order chi connectivity index (χ0) is 18.1. The number of carbonyl (C=O) groups is 1. The quantitative estimate of drug-likeness (QED) is 0.718. The van der Waals surface area contributed by atoms with Crippen molar-refractivity contribution in [3.63, 3.8) is 0 Å².